The average molecular weight is 401 g/mol. The number of Topliss-reactive ketones (excluding diaryl/α,β-unsaturated/α-hetero) is 2. The fraction of sp³-hybridized carbons (Fsp3) is 0.391. The summed E-state index contributed by atoms with van der Waals surface area (Å²) < 4.78 is 0. The van der Waals surface area contributed by atoms with Gasteiger partial charge in [-0.2, -0.15) is 0 Å². The van der Waals surface area contributed by atoms with E-state index in [-0.39, 0.29) is 23.4 Å². The topological polar surface area (TPSA) is 34.1 Å². The quantitative estimate of drug-likeness (QED) is 0.569. The van der Waals surface area contributed by atoms with Crippen LogP contribution < -0.4 is 0 Å². The maximum atomic E-state index is 13.2. The fourth-order valence-corrected chi connectivity index (χ4v) is 5.17. The first-order valence-corrected chi connectivity index (χ1v) is 10.4. The molecule has 4 heteroatoms. The predicted octanol–water partition coefficient (Wildman–Crippen LogP) is 6.26. The van der Waals surface area contributed by atoms with Gasteiger partial charge in [-0.05, 0) is 67.0 Å². The monoisotopic (exact) mass is 400 g/mol. The van der Waals surface area contributed by atoms with Crippen LogP contribution in [0.2, 0.25) is 10.0 Å². The molecule has 2 bridgehead atoms. The van der Waals surface area contributed by atoms with Crippen molar-refractivity contribution in [1.82, 2.24) is 0 Å². The van der Waals surface area contributed by atoms with Crippen molar-refractivity contribution in [1.29, 1.82) is 0 Å². The van der Waals surface area contributed by atoms with E-state index >= 15 is 0 Å². The van der Waals surface area contributed by atoms with Gasteiger partial charge in [0.05, 0.1) is 0 Å². The average Bonchev–Trinajstić information content (AvgIpc) is 2.86. The molecule has 0 saturated heterocycles. The van der Waals surface area contributed by atoms with Crippen molar-refractivity contribution in [3.05, 3.63) is 57.6 Å². The van der Waals surface area contributed by atoms with Gasteiger partial charge in [0.15, 0.2) is 11.6 Å². The van der Waals surface area contributed by atoms with E-state index < -0.39 is 5.92 Å². The Balaban J connectivity index is 1.84. The van der Waals surface area contributed by atoms with Crippen LogP contribution in [0.5, 0.6) is 0 Å². The molecule has 0 heterocycles. The van der Waals surface area contributed by atoms with E-state index in [4.69, 9.17) is 23.2 Å². The molecule has 140 valence electrons. The van der Waals surface area contributed by atoms with Crippen LogP contribution in [0.25, 0.3) is 11.1 Å². The van der Waals surface area contributed by atoms with Gasteiger partial charge < -0.3 is 0 Å². The zero-order valence-corrected chi connectivity index (χ0v) is 16.8. The summed E-state index contributed by atoms with van der Waals surface area (Å²) in [6.07, 6.45) is 4.22. The number of hydrogen-bond acceptors (Lipinski definition) is 2. The Hall–Kier alpha value is -1.64. The van der Waals surface area contributed by atoms with E-state index in [0.717, 1.165) is 54.4 Å². The van der Waals surface area contributed by atoms with Crippen LogP contribution in [0, 0.1) is 11.8 Å². The summed E-state index contributed by atoms with van der Waals surface area (Å²) in [4.78, 5) is 26.4. The van der Waals surface area contributed by atoms with Gasteiger partial charge in [0.1, 0.15) is 5.92 Å². The molecule has 3 fully saturated rings. The zero-order valence-electron chi connectivity index (χ0n) is 15.3. The summed E-state index contributed by atoms with van der Waals surface area (Å²) >= 11 is 12.4. The van der Waals surface area contributed by atoms with Crippen molar-refractivity contribution in [3.8, 4) is 11.1 Å². The fourth-order valence-electron chi connectivity index (χ4n) is 4.66. The molecule has 27 heavy (non-hydrogen) atoms. The molecule has 0 spiro atoms. The highest BCUT2D eigenvalue weighted by atomic mass is 35.5. The van der Waals surface area contributed by atoms with Crippen LogP contribution in [0.15, 0.2) is 36.4 Å². The number of ketones is 2. The Labute approximate surface area is 169 Å². The van der Waals surface area contributed by atoms with Crippen molar-refractivity contribution < 1.29 is 9.59 Å². The van der Waals surface area contributed by atoms with Crippen molar-refractivity contribution in [2.24, 2.45) is 11.8 Å². The van der Waals surface area contributed by atoms with Crippen molar-refractivity contribution in [2.75, 3.05) is 0 Å². The Morgan fingerprint density at radius 3 is 2.07 bits per heavy atom. The molecule has 2 aromatic carbocycles. The molecule has 0 aliphatic heterocycles. The van der Waals surface area contributed by atoms with Gasteiger partial charge in [0, 0.05) is 27.4 Å². The number of rotatable bonds is 3. The van der Waals surface area contributed by atoms with Crippen LogP contribution in [-0.2, 0) is 16.0 Å². The minimum atomic E-state index is -0.619. The molecule has 0 aromatic heterocycles. The number of carbonyl (C=O) groups is 2. The smallest absolute Gasteiger partial charge is 0.150 e. The largest absolute Gasteiger partial charge is 0.298 e. The first kappa shape index (κ1) is 18.7. The Morgan fingerprint density at radius 2 is 1.52 bits per heavy atom. The second-order valence-electron chi connectivity index (χ2n) is 7.68. The molecule has 3 aliphatic carbocycles. The van der Waals surface area contributed by atoms with Crippen LogP contribution in [0.1, 0.15) is 49.7 Å². The van der Waals surface area contributed by atoms with Crippen LogP contribution in [0.3, 0.4) is 0 Å². The summed E-state index contributed by atoms with van der Waals surface area (Å²) in [6.45, 7) is 2.06. The third-order valence-electron chi connectivity index (χ3n) is 6.18. The molecule has 0 radical (unpaired) electrons. The molecule has 0 atom stereocenters. The Morgan fingerprint density at radius 1 is 0.889 bits per heavy atom. The van der Waals surface area contributed by atoms with Gasteiger partial charge in [0.2, 0.25) is 0 Å². The van der Waals surface area contributed by atoms with E-state index in [2.05, 4.69) is 6.92 Å². The minimum absolute atomic E-state index is 0.0326. The maximum absolute atomic E-state index is 13.2. The summed E-state index contributed by atoms with van der Waals surface area (Å²) in [7, 11) is 0. The van der Waals surface area contributed by atoms with Crippen molar-refractivity contribution in [2.45, 2.75) is 44.9 Å². The highest BCUT2D eigenvalue weighted by Gasteiger charge is 2.44. The predicted molar refractivity (Wildman–Crippen MR) is 109 cm³/mol. The Bertz CT molecular complexity index is 887. The lowest BCUT2D eigenvalue weighted by Crippen LogP contribution is -2.26. The van der Waals surface area contributed by atoms with Gasteiger partial charge in [-0.25, -0.2) is 0 Å². The number of aryl methyl sites for hydroxylation is 1. The standard InChI is InChI=1S/C23H22Cl2O2/c1-2-13-3-8-16(18-10-9-17(24)12-20(18)25)11-19(13)21-22(26)14-4-5-15(7-6-14)23(21)27/h3,8-12,14-15,21H,2,4-7H2,1H3. The van der Waals surface area contributed by atoms with Gasteiger partial charge >= 0.3 is 0 Å². The van der Waals surface area contributed by atoms with Gasteiger partial charge in [-0.3, -0.25) is 9.59 Å². The molecule has 2 nitrogen and oxygen atoms in total. The molecular weight excluding hydrogens is 379 g/mol. The van der Waals surface area contributed by atoms with Crippen molar-refractivity contribution >= 4 is 34.8 Å². The second-order valence-corrected chi connectivity index (χ2v) is 8.52. The van der Waals surface area contributed by atoms with Crippen LogP contribution in [-0.4, -0.2) is 11.6 Å². The lowest BCUT2D eigenvalue weighted by molar-refractivity contribution is -0.130. The van der Waals surface area contributed by atoms with Gasteiger partial charge in [-0.15, -0.1) is 0 Å². The van der Waals surface area contributed by atoms with E-state index in [9.17, 15) is 9.59 Å². The van der Waals surface area contributed by atoms with Crippen molar-refractivity contribution in [3.63, 3.8) is 0 Å². The molecule has 0 amide bonds. The normalized spacial score (nSPS) is 24.9. The van der Waals surface area contributed by atoms with E-state index in [1.165, 1.54) is 0 Å². The molecule has 3 aliphatic rings. The summed E-state index contributed by atoms with van der Waals surface area (Å²) in [5.74, 6) is -0.315. The first-order valence-electron chi connectivity index (χ1n) is 9.65. The number of halogens is 2. The summed E-state index contributed by atoms with van der Waals surface area (Å²) in [6, 6.07) is 11.4. The molecule has 2 aromatic rings. The highest BCUT2D eigenvalue weighted by Crippen LogP contribution is 2.43. The SMILES string of the molecule is CCc1ccc(-c2ccc(Cl)cc2Cl)cc1C1C(=O)C2CCC(CC2)C1=O. The molecule has 0 unspecified atom stereocenters. The lowest BCUT2D eigenvalue weighted by atomic mass is 9.82. The van der Waals surface area contributed by atoms with E-state index in [1.807, 2.05) is 24.3 Å². The highest BCUT2D eigenvalue weighted by molar-refractivity contribution is 6.36. The molecule has 3 saturated carbocycles. The zero-order chi connectivity index (χ0) is 19.1. The molecular formula is C23H22Cl2O2. The van der Waals surface area contributed by atoms with Crippen LogP contribution in [0.4, 0.5) is 0 Å². The summed E-state index contributed by atoms with van der Waals surface area (Å²) in [5, 5.41) is 1.15. The maximum Gasteiger partial charge on any atom is 0.150 e. The molecule has 0 N–H and O–H groups in total. The molecule has 5 rings (SSSR count). The van der Waals surface area contributed by atoms with Gasteiger partial charge in [0.25, 0.3) is 0 Å². The Kier molecular flexibility index (Phi) is 5.13. The van der Waals surface area contributed by atoms with Gasteiger partial charge in [-0.1, -0.05) is 48.3 Å². The summed E-state index contributed by atoms with van der Waals surface area (Å²) in [5.41, 5.74) is 3.72. The van der Waals surface area contributed by atoms with Crippen LogP contribution >= 0.6 is 23.2 Å². The lowest BCUT2D eigenvalue weighted by Gasteiger charge is -2.20. The third kappa shape index (κ3) is 3.34. The van der Waals surface area contributed by atoms with E-state index in [1.54, 1.807) is 12.1 Å². The first-order chi connectivity index (χ1) is 13.0. The third-order valence-corrected chi connectivity index (χ3v) is 6.73. The number of hydrogen-bond donors (Lipinski definition) is 0. The minimum Gasteiger partial charge on any atom is -0.298 e. The number of fused-ring (bicyclic) bond motifs is 4. The number of carbonyl (C=O) groups excluding carboxylic acids is 2. The van der Waals surface area contributed by atoms with E-state index in [0.29, 0.717) is 10.0 Å². The number of benzene rings is 2. The second kappa shape index (κ2) is 7.41.